The molecule has 0 amide bonds. The summed E-state index contributed by atoms with van der Waals surface area (Å²) in [6.45, 7) is 8.04. The number of H-pyrrole nitrogens is 1. The topological polar surface area (TPSA) is 28.7 Å². The lowest BCUT2D eigenvalue weighted by Crippen LogP contribution is -2.22. The zero-order valence-electron chi connectivity index (χ0n) is 6.44. The van der Waals surface area contributed by atoms with Crippen LogP contribution in [-0.4, -0.2) is 10.2 Å². The second kappa shape index (κ2) is 2.69. The van der Waals surface area contributed by atoms with E-state index >= 15 is 0 Å². The molecule has 2 heteroatoms. The van der Waals surface area contributed by atoms with Crippen molar-refractivity contribution >= 4 is 12.2 Å². The molecule has 2 nitrogen and oxygen atoms in total. The van der Waals surface area contributed by atoms with Crippen LogP contribution in [0.1, 0.15) is 20.3 Å². The molecule has 1 rings (SSSR count). The summed E-state index contributed by atoms with van der Waals surface area (Å²) >= 11 is 0. The Morgan fingerprint density at radius 3 is 2.90 bits per heavy atom. The fraction of sp³-hybridized carbons (Fsp3) is 0.375. The molecule has 1 aromatic heterocycles. The Bertz CT molecular complexity index is 308. The van der Waals surface area contributed by atoms with E-state index in [1.807, 2.05) is 0 Å². The number of nitrogens with zero attached hydrogens (tertiary/aromatic N) is 1. The molecule has 54 valence electrons. The summed E-state index contributed by atoms with van der Waals surface area (Å²) in [6.07, 6.45) is 2.79. The van der Waals surface area contributed by atoms with E-state index in [4.69, 9.17) is 0 Å². The summed E-state index contributed by atoms with van der Waals surface area (Å²) in [5, 5.41) is 8.86. The van der Waals surface area contributed by atoms with Gasteiger partial charge in [-0.1, -0.05) is 13.5 Å². The third-order valence-electron chi connectivity index (χ3n) is 1.67. The molecule has 0 aliphatic carbocycles. The molecule has 0 unspecified atom stereocenters. The summed E-state index contributed by atoms with van der Waals surface area (Å²) in [4.78, 5) is 0. The third-order valence-corrected chi connectivity index (χ3v) is 1.67. The van der Waals surface area contributed by atoms with Crippen LogP contribution in [0.4, 0.5) is 0 Å². The highest BCUT2D eigenvalue weighted by molar-refractivity contribution is 5.38. The third kappa shape index (κ3) is 1.10. The average Bonchev–Trinajstić information content (AvgIpc) is 2.34. The van der Waals surface area contributed by atoms with Crippen molar-refractivity contribution in [2.45, 2.75) is 20.3 Å². The molecule has 0 spiro atoms. The van der Waals surface area contributed by atoms with Crippen molar-refractivity contribution in [1.29, 1.82) is 0 Å². The van der Waals surface area contributed by atoms with Gasteiger partial charge in [-0.15, -0.1) is 0 Å². The highest BCUT2D eigenvalue weighted by Gasteiger charge is 1.88. The molecule has 0 aliphatic heterocycles. The van der Waals surface area contributed by atoms with Crippen LogP contribution in [0.2, 0.25) is 0 Å². The van der Waals surface area contributed by atoms with Gasteiger partial charge in [0.2, 0.25) is 0 Å². The van der Waals surface area contributed by atoms with Crippen LogP contribution in [0, 0.1) is 0 Å². The van der Waals surface area contributed by atoms with Gasteiger partial charge in [0.15, 0.2) is 0 Å². The monoisotopic (exact) mass is 136 g/mol. The number of rotatable bonds is 1. The first-order valence-electron chi connectivity index (χ1n) is 3.43. The zero-order valence-corrected chi connectivity index (χ0v) is 6.44. The van der Waals surface area contributed by atoms with E-state index in [0.717, 1.165) is 17.0 Å². The normalized spacial score (nSPS) is 13.4. The van der Waals surface area contributed by atoms with Crippen molar-refractivity contribution in [3.63, 3.8) is 0 Å². The molecule has 0 atom stereocenters. The fourth-order valence-electron chi connectivity index (χ4n) is 0.857. The van der Waals surface area contributed by atoms with E-state index in [9.17, 15) is 0 Å². The van der Waals surface area contributed by atoms with Crippen LogP contribution in [0.15, 0.2) is 6.20 Å². The van der Waals surface area contributed by atoms with Crippen molar-refractivity contribution in [1.82, 2.24) is 10.2 Å². The first kappa shape index (κ1) is 7.06. The quantitative estimate of drug-likeness (QED) is 0.595. The number of aromatic nitrogens is 2. The van der Waals surface area contributed by atoms with Gasteiger partial charge >= 0.3 is 0 Å². The van der Waals surface area contributed by atoms with Crippen LogP contribution in [0.25, 0.3) is 12.2 Å². The maximum atomic E-state index is 3.88. The predicted octanol–water partition coefficient (Wildman–Crippen LogP) is 0.401. The van der Waals surface area contributed by atoms with Gasteiger partial charge in [-0.05, 0) is 18.9 Å². The first-order chi connectivity index (χ1) is 4.75. The van der Waals surface area contributed by atoms with Crippen molar-refractivity contribution in [2.24, 2.45) is 0 Å². The summed E-state index contributed by atoms with van der Waals surface area (Å²) in [5.41, 5.74) is 1.31. The molecule has 0 aliphatic rings. The van der Waals surface area contributed by atoms with E-state index < -0.39 is 0 Å². The summed E-state index contributed by atoms with van der Waals surface area (Å²) < 4.78 is 0. The molecule has 10 heavy (non-hydrogen) atoms. The van der Waals surface area contributed by atoms with E-state index in [2.05, 4.69) is 30.6 Å². The smallest absolute Gasteiger partial charge is 0.0633 e. The molecule has 0 saturated heterocycles. The van der Waals surface area contributed by atoms with Crippen molar-refractivity contribution < 1.29 is 0 Å². The molecule has 0 saturated carbocycles. The van der Waals surface area contributed by atoms with E-state index in [1.165, 1.54) is 5.57 Å². The lowest BCUT2D eigenvalue weighted by atomic mass is 10.2. The van der Waals surface area contributed by atoms with E-state index in [0.29, 0.717) is 0 Å². The molecular weight excluding hydrogens is 124 g/mol. The Morgan fingerprint density at radius 1 is 1.80 bits per heavy atom. The highest BCUT2D eigenvalue weighted by Crippen LogP contribution is 1.92. The zero-order chi connectivity index (χ0) is 7.56. The number of aromatic amines is 1. The van der Waals surface area contributed by atoms with E-state index in [1.54, 1.807) is 6.20 Å². The number of hydrogen-bond acceptors (Lipinski definition) is 1. The minimum atomic E-state index is 0.986. The van der Waals surface area contributed by atoms with Gasteiger partial charge in [-0.2, -0.15) is 5.10 Å². The lowest BCUT2D eigenvalue weighted by molar-refractivity contribution is 1.04. The second-order valence-electron chi connectivity index (χ2n) is 2.40. The van der Waals surface area contributed by atoms with Gasteiger partial charge in [-0.25, -0.2) is 0 Å². The van der Waals surface area contributed by atoms with Crippen LogP contribution in [0.5, 0.6) is 0 Å². The average molecular weight is 136 g/mol. The van der Waals surface area contributed by atoms with E-state index in [-0.39, 0.29) is 0 Å². The van der Waals surface area contributed by atoms with Gasteiger partial charge in [0, 0.05) is 5.22 Å². The molecule has 0 aromatic carbocycles. The van der Waals surface area contributed by atoms with Gasteiger partial charge in [0.05, 0.1) is 11.5 Å². The van der Waals surface area contributed by atoms with Crippen LogP contribution in [0.3, 0.4) is 0 Å². The molecule has 0 radical (unpaired) electrons. The maximum Gasteiger partial charge on any atom is 0.0633 e. The molecule has 1 N–H and O–H groups in total. The first-order valence-corrected chi connectivity index (χ1v) is 3.43. The van der Waals surface area contributed by atoms with Crippen LogP contribution >= 0.6 is 0 Å². The number of hydrogen-bond donors (Lipinski definition) is 1. The van der Waals surface area contributed by atoms with Gasteiger partial charge < -0.3 is 0 Å². The van der Waals surface area contributed by atoms with Crippen LogP contribution < -0.4 is 10.6 Å². The molecule has 1 aromatic rings. The fourth-order valence-corrected chi connectivity index (χ4v) is 0.857. The minimum absolute atomic E-state index is 0.986. The lowest BCUT2D eigenvalue weighted by Gasteiger charge is -1.88. The molecule has 0 fully saturated rings. The minimum Gasteiger partial charge on any atom is -0.278 e. The highest BCUT2D eigenvalue weighted by atomic mass is 15.1. The Morgan fingerprint density at radius 2 is 2.50 bits per heavy atom. The standard InChI is InChI=1S/C8H12N2/c1-4-6(2)8-7(3)5-9-10-8/h5,10H,3-4H2,1-2H3/b8-6-. The largest absolute Gasteiger partial charge is 0.278 e. The summed E-state index contributed by atoms with van der Waals surface area (Å²) in [7, 11) is 0. The van der Waals surface area contributed by atoms with Crippen molar-refractivity contribution in [2.75, 3.05) is 0 Å². The van der Waals surface area contributed by atoms with Gasteiger partial charge in [0.1, 0.15) is 0 Å². The summed E-state index contributed by atoms with van der Waals surface area (Å²) in [5.74, 6) is 0. The summed E-state index contributed by atoms with van der Waals surface area (Å²) in [6, 6.07) is 0. The molecule has 0 bridgehead atoms. The maximum absolute atomic E-state index is 3.88. The second-order valence-corrected chi connectivity index (χ2v) is 2.40. The Hall–Kier alpha value is -1.05. The number of nitrogens with one attached hydrogen (secondary N) is 1. The Kier molecular flexibility index (Phi) is 1.90. The van der Waals surface area contributed by atoms with Gasteiger partial charge in [0.25, 0.3) is 0 Å². The molecular formula is C8H12N2. The molecule has 1 heterocycles. The Balaban J connectivity index is 3.40. The predicted molar refractivity (Wildman–Crippen MR) is 42.7 cm³/mol. The SMILES string of the molecule is C=c1cn[nH]/c1=C(/C)CC. The van der Waals surface area contributed by atoms with Crippen molar-refractivity contribution in [3.8, 4) is 0 Å². The van der Waals surface area contributed by atoms with Crippen LogP contribution in [-0.2, 0) is 0 Å². The van der Waals surface area contributed by atoms with Gasteiger partial charge in [-0.3, -0.25) is 5.10 Å². The Labute approximate surface area is 60.3 Å². The van der Waals surface area contributed by atoms with Crippen molar-refractivity contribution in [3.05, 3.63) is 16.8 Å².